The summed E-state index contributed by atoms with van der Waals surface area (Å²) in [5, 5.41) is 22.0. The molecule has 36 heavy (non-hydrogen) atoms. The summed E-state index contributed by atoms with van der Waals surface area (Å²) in [6.45, 7) is 1.90. The SMILES string of the molecule is CCc1nnc(-c2cccc(Oc3ccc(Nc4ncnc5cc(F)c([N+](=O)[O-])cc45)c(F)c3)c2)o1. The normalized spacial score (nSPS) is 11.0. The van der Waals surface area contributed by atoms with Crippen molar-refractivity contribution in [1.82, 2.24) is 20.2 Å². The van der Waals surface area contributed by atoms with E-state index in [1.54, 1.807) is 24.3 Å². The molecule has 0 saturated carbocycles. The molecule has 0 radical (unpaired) electrons. The van der Waals surface area contributed by atoms with Crippen LogP contribution in [0.2, 0.25) is 0 Å². The van der Waals surface area contributed by atoms with Gasteiger partial charge in [-0.1, -0.05) is 13.0 Å². The first kappa shape index (κ1) is 22.8. The molecule has 0 spiro atoms. The van der Waals surface area contributed by atoms with Gasteiger partial charge in [-0.05, 0) is 30.3 Å². The molecule has 0 atom stereocenters. The Morgan fingerprint density at radius 2 is 1.86 bits per heavy atom. The fraction of sp³-hybridized carbons (Fsp3) is 0.0833. The van der Waals surface area contributed by atoms with Crippen molar-refractivity contribution in [2.24, 2.45) is 0 Å². The van der Waals surface area contributed by atoms with Gasteiger partial charge >= 0.3 is 5.69 Å². The van der Waals surface area contributed by atoms with E-state index in [0.29, 0.717) is 29.5 Å². The van der Waals surface area contributed by atoms with Crippen molar-refractivity contribution in [2.45, 2.75) is 13.3 Å². The number of ether oxygens (including phenoxy) is 1. The molecule has 0 saturated heterocycles. The maximum atomic E-state index is 14.9. The molecule has 0 unspecified atom stereocenters. The molecular weight excluding hydrogens is 474 g/mol. The second-order valence-corrected chi connectivity index (χ2v) is 7.55. The van der Waals surface area contributed by atoms with E-state index in [0.717, 1.165) is 18.5 Å². The van der Waals surface area contributed by atoms with Crippen molar-refractivity contribution >= 4 is 28.1 Å². The van der Waals surface area contributed by atoms with Gasteiger partial charge in [-0.15, -0.1) is 10.2 Å². The van der Waals surface area contributed by atoms with Crippen molar-refractivity contribution in [1.29, 1.82) is 0 Å². The molecule has 0 bridgehead atoms. The summed E-state index contributed by atoms with van der Waals surface area (Å²) in [5.41, 5.74) is 0.0713. The van der Waals surface area contributed by atoms with E-state index in [1.165, 1.54) is 18.2 Å². The number of halogens is 2. The van der Waals surface area contributed by atoms with Gasteiger partial charge in [0.25, 0.3) is 0 Å². The van der Waals surface area contributed by atoms with Crippen LogP contribution >= 0.6 is 0 Å². The number of aryl methyl sites for hydroxylation is 1. The third-order valence-electron chi connectivity index (χ3n) is 5.18. The molecule has 2 heterocycles. The number of rotatable bonds is 7. The molecule has 0 fully saturated rings. The first-order chi connectivity index (χ1) is 17.4. The lowest BCUT2D eigenvalue weighted by Gasteiger charge is -2.11. The summed E-state index contributed by atoms with van der Waals surface area (Å²) in [6, 6.07) is 13.0. The van der Waals surface area contributed by atoms with Crippen molar-refractivity contribution in [3.63, 3.8) is 0 Å². The third kappa shape index (κ3) is 4.51. The van der Waals surface area contributed by atoms with Gasteiger partial charge in [0.1, 0.15) is 29.5 Å². The number of hydrogen-bond acceptors (Lipinski definition) is 9. The minimum absolute atomic E-state index is 0.0287. The van der Waals surface area contributed by atoms with E-state index in [1.807, 2.05) is 6.92 Å². The van der Waals surface area contributed by atoms with Crippen LogP contribution in [-0.4, -0.2) is 25.1 Å². The molecule has 5 aromatic rings. The molecule has 12 heteroatoms. The zero-order chi connectivity index (χ0) is 25.2. The highest BCUT2D eigenvalue weighted by molar-refractivity contribution is 5.92. The summed E-state index contributed by atoms with van der Waals surface area (Å²) in [7, 11) is 0. The molecule has 180 valence electrons. The van der Waals surface area contributed by atoms with E-state index in [9.17, 15) is 18.9 Å². The summed E-state index contributed by atoms with van der Waals surface area (Å²) in [6.07, 6.45) is 1.76. The van der Waals surface area contributed by atoms with Crippen molar-refractivity contribution in [2.75, 3.05) is 5.32 Å². The summed E-state index contributed by atoms with van der Waals surface area (Å²) in [4.78, 5) is 18.2. The molecule has 2 aromatic heterocycles. The standard InChI is InChI=1S/C24H16F2N6O4/c1-2-22-30-31-24(36-22)13-4-3-5-14(8-13)35-15-6-7-19(17(25)9-15)29-23-16-10-21(32(33)34)18(26)11-20(16)27-12-28-23/h3-12H,2H2,1H3,(H,27,28,29). The summed E-state index contributed by atoms with van der Waals surface area (Å²) < 4.78 is 40.2. The minimum Gasteiger partial charge on any atom is -0.457 e. The molecule has 5 rings (SSSR count). The zero-order valence-electron chi connectivity index (χ0n) is 18.6. The van der Waals surface area contributed by atoms with Gasteiger partial charge in [-0.25, -0.2) is 14.4 Å². The van der Waals surface area contributed by atoms with Crippen LogP contribution in [0.1, 0.15) is 12.8 Å². The van der Waals surface area contributed by atoms with E-state index in [4.69, 9.17) is 9.15 Å². The predicted molar refractivity (Wildman–Crippen MR) is 125 cm³/mol. The largest absolute Gasteiger partial charge is 0.457 e. The van der Waals surface area contributed by atoms with Crippen molar-refractivity contribution in [3.05, 3.63) is 88.6 Å². The Hall–Kier alpha value is -5.00. The molecule has 0 amide bonds. The molecule has 0 aliphatic carbocycles. The maximum absolute atomic E-state index is 14.9. The monoisotopic (exact) mass is 490 g/mol. The topological polar surface area (TPSA) is 129 Å². The highest BCUT2D eigenvalue weighted by Gasteiger charge is 2.18. The lowest BCUT2D eigenvalue weighted by Crippen LogP contribution is -2.00. The van der Waals surface area contributed by atoms with Gasteiger partial charge in [0, 0.05) is 30.2 Å². The average Bonchev–Trinajstić information content (AvgIpc) is 3.35. The number of fused-ring (bicyclic) bond motifs is 1. The molecule has 10 nitrogen and oxygen atoms in total. The fourth-order valence-corrected chi connectivity index (χ4v) is 3.44. The van der Waals surface area contributed by atoms with E-state index in [2.05, 4.69) is 25.5 Å². The lowest BCUT2D eigenvalue weighted by molar-refractivity contribution is -0.387. The van der Waals surface area contributed by atoms with Gasteiger partial charge in [0.2, 0.25) is 17.6 Å². The van der Waals surface area contributed by atoms with Gasteiger partial charge in [0.15, 0.2) is 0 Å². The van der Waals surface area contributed by atoms with Crippen LogP contribution in [0.3, 0.4) is 0 Å². The Balaban J connectivity index is 1.39. The van der Waals surface area contributed by atoms with Crippen LogP contribution in [0, 0.1) is 21.7 Å². The zero-order valence-corrected chi connectivity index (χ0v) is 18.6. The second-order valence-electron chi connectivity index (χ2n) is 7.55. The van der Waals surface area contributed by atoms with Gasteiger partial charge < -0.3 is 14.5 Å². The smallest absolute Gasteiger partial charge is 0.305 e. The van der Waals surface area contributed by atoms with Crippen molar-refractivity contribution < 1.29 is 22.9 Å². The van der Waals surface area contributed by atoms with Crippen LogP contribution in [-0.2, 0) is 6.42 Å². The second kappa shape index (κ2) is 9.33. The number of nitrogens with one attached hydrogen (secondary N) is 1. The summed E-state index contributed by atoms with van der Waals surface area (Å²) >= 11 is 0. The number of benzene rings is 3. The summed E-state index contributed by atoms with van der Waals surface area (Å²) in [5.74, 6) is -0.109. The maximum Gasteiger partial charge on any atom is 0.305 e. The Labute approximate surface area is 201 Å². The first-order valence-corrected chi connectivity index (χ1v) is 10.7. The first-order valence-electron chi connectivity index (χ1n) is 10.7. The molecule has 0 aliphatic heterocycles. The highest BCUT2D eigenvalue weighted by Crippen LogP contribution is 2.32. The number of hydrogen-bond donors (Lipinski definition) is 1. The molecule has 1 N–H and O–H groups in total. The minimum atomic E-state index is -1.03. The quantitative estimate of drug-likeness (QED) is 0.217. The molecule has 0 aliphatic rings. The fourth-order valence-electron chi connectivity index (χ4n) is 3.44. The molecule has 3 aromatic carbocycles. The third-order valence-corrected chi connectivity index (χ3v) is 5.18. The van der Waals surface area contributed by atoms with Crippen LogP contribution in [0.25, 0.3) is 22.4 Å². The molecular formula is C24H16F2N6O4. The predicted octanol–water partition coefficient (Wildman–Crippen LogP) is 5.96. The number of nitrogens with zero attached hydrogens (tertiary/aromatic N) is 5. The van der Waals surface area contributed by atoms with Crippen LogP contribution in [0.15, 0.2) is 65.3 Å². The lowest BCUT2D eigenvalue weighted by atomic mass is 10.2. The van der Waals surface area contributed by atoms with Crippen LogP contribution in [0.5, 0.6) is 11.5 Å². The highest BCUT2D eigenvalue weighted by atomic mass is 19.1. The number of nitro groups is 1. The van der Waals surface area contributed by atoms with Crippen molar-refractivity contribution in [3.8, 4) is 23.0 Å². The average molecular weight is 490 g/mol. The van der Waals surface area contributed by atoms with E-state index in [-0.39, 0.29) is 28.2 Å². The van der Waals surface area contributed by atoms with Gasteiger partial charge in [0.05, 0.1) is 21.5 Å². The Morgan fingerprint density at radius 3 is 2.61 bits per heavy atom. The van der Waals surface area contributed by atoms with Gasteiger partial charge in [-0.2, -0.15) is 4.39 Å². The Kier molecular flexibility index (Phi) is 5.90. The van der Waals surface area contributed by atoms with E-state index < -0.39 is 22.2 Å². The number of nitro benzene ring substituents is 1. The Morgan fingerprint density at radius 1 is 1.03 bits per heavy atom. The number of aromatic nitrogens is 4. The van der Waals surface area contributed by atoms with Gasteiger partial charge in [-0.3, -0.25) is 10.1 Å². The van der Waals surface area contributed by atoms with E-state index >= 15 is 0 Å². The Bertz CT molecular complexity index is 1610. The van der Waals surface area contributed by atoms with Crippen LogP contribution < -0.4 is 10.1 Å². The number of anilines is 2. The van der Waals surface area contributed by atoms with Crippen LogP contribution in [0.4, 0.5) is 26.0 Å².